The van der Waals surface area contributed by atoms with Crippen molar-refractivity contribution in [3.63, 3.8) is 0 Å². The van der Waals surface area contributed by atoms with Crippen LogP contribution in [0.1, 0.15) is 96.6 Å². The van der Waals surface area contributed by atoms with Crippen LogP contribution in [0.3, 0.4) is 0 Å². The van der Waals surface area contributed by atoms with Crippen LogP contribution in [-0.4, -0.2) is 46.1 Å². The first-order valence-corrected chi connectivity index (χ1v) is 13.5. The van der Waals surface area contributed by atoms with Gasteiger partial charge in [0, 0.05) is 30.7 Å². The molecule has 1 aromatic carbocycles. The van der Waals surface area contributed by atoms with Gasteiger partial charge in [0.2, 0.25) is 11.8 Å². The maximum absolute atomic E-state index is 13.0. The minimum absolute atomic E-state index is 0.0330. The highest BCUT2D eigenvalue weighted by molar-refractivity contribution is 5.91. The minimum atomic E-state index is -5.04. The number of rotatable bonds is 5. The maximum atomic E-state index is 13.0. The number of alkyl halides is 6. The van der Waals surface area contributed by atoms with Crippen LogP contribution in [-0.2, 0) is 21.9 Å². The molecule has 3 rings (SSSR count). The fraction of sp³-hybridized carbons (Fsp3) is 0.704. The fourth-order valence-corrected chi connectivity index (χ4v) is 4.73. The van der Waals surface area contributed by atoms with Crippen LogP contribution in [0.2, 0.25) is 0 Å². The summed E-state index contributed by atoms with van der Waals surface area (Å²) >= 11 is 0. The molecular weight excluding hydrogens is 528 g/mol. The third kappa shape index (κ3) is 10.6. The number of piperidine rings is 1. The Hall–Kier alpha value is -2.34. The van der Waals surface area contributed by atoms with Gasteiger partial charge in [-0.15, -0.1) is 0 Å². The summed E-state index contributed by atoms with van der Waals surface area (Å²) in [4.78, 5) is 26.6. The lowest BCUT2D eigenvalue weighted by molar-refractivity contribution is -0.143. The molecule has 2 aliphatic rings. The molecule has 1 aliphatic carbocycles. The van der Waals surface area contributed by atoms with E-state index in [9.17, 15) is 41.0 Å². The van der Waals surface area contributed by atoms with Gasteiger partial charge in [0.15, 0.2) is 0 Å². The number of likely N-dealkylation sites (tertiary alicyclic amines) is 1. The lowest BCUT2D eigenvalue weighted by Gasteiger charge is -2.40. The molecule has 39 heavy (non-hydrogen) atoms. The molecule has 1 aliphatic heterocycles. The van der Waals surface area contributed by atoms with E-state index in [1.807, 2.05) is 33.0 Å². The number of carbonyl (C=O) groups is 2. The number of halogens is 6. The predicted octanol–water partition coefficient (Wildman–Crippen LogP) is 6.51. The minimum Gasteiger partial charge on any atom is -0.389 e. The van der Waals surface area contributed by atoms with Crippen molar-refractivity contribution in [3.8, 4) is 0 Å². The van der Waals surface area contributed by atoms with E-state index in [1.54, 1.807) is 4.90 Å². The van der Waals surface area contributed by atoms with E-state index < -0.39 is 52.6 Å². The second-order valence-electron chi connectivity index (χ2n) is 9.72. The van der Waals surface area contributed by atoms with Gasteiger partial charge in [-0.3, -0.25) is 9.59 Å². The number of nitrogens with one attached hydrogen (secondary N) is 1. The highest BCUT2D eigenvalue weighted by Gasteiger charge is 2.39. The van der Waals surface area contributed by atoms with E-state index in [0.29, 0.717) is 12.1 Å². The highest BCUT2D eigenvalue weighted by Crippen LogP contribution is 2.38. The van der Waals surface area contributed by atoms with Crippen LogP contribution in [0.25, 0.3) is 0 Å². The first kappa shape index (κ1) is 34.7. The molecule has 0 unspecified atom stereocenters. The quantitative estimate of drug-likeness (QED) is 0.352. The summed E-state index contributed by atoms with van der Waals surface area (Å²) in [6.45, 7) is 8.33. The summed E-state index contributed by atoms with van der Waals surface area (Å²) < 4.78 is 78.1. The monoisotopic (exact) mass is 569 g/mol. The summed E-state index contributed by atoms with van der Waals surface area (Å²) in [6.07, 6.45) is -5.79. The Morgan fingerprint density at radius 1 is 0.846 bits per heavy atom. The maximum Gasteiger partial charge on any atom is 0.416 e. The Morgan fingerprint density at radius 3 is 1.74 bits per heavy atom. The molecule has 6 nitrogen and oxygen atoms in total. The molecule has 1 aromatic rings. The van der Waals surface area contributed by atoms with Crippen molar-refractivity contribution in [2.24, 2.45) is 5.73 Å². The Morgan fingerprint density at radius 2 is 1.31 bits per heavy atom. The first-order valence-electron chi connectivity index (χ1n) is 13.5. The zero-order chi connectivity index (χ0) is 30.1. The number of benzene rings is 1. The predicted molar refractivity (Wildman–Crippen MR) is 138 cm³/mol. The second-order valence-corrected chi connectivity index (χ2v) is 9.72. The Labute approximate surface area is 226 Å². The van der Waals surface area contributed by atoms with E-state index in [0.717, 1.165) is 32.1 Å². The standard InChI is InChI=1S/C23H29F6N3O3.2C2H6/c24-22(25,26)15-10-16(23(27,28)29)12-17(11-15)31-18(33)13-21(35)6-8-32(9-7-21)19(34)14-20(30)4-2-1-3-5-20;2*1-2/h10-12,35H,1-9,13-14,30H2,(H,31,33);2*1-2H3. The Balaban J connectivity index is 0.00000181. The van der Waals surface area contributed by atoms with Crippen molar-refractivity contribution in [3.05, 3.63) is 29.3 Å². The first-order chi connectivity index (χ1) is 18.1. The summed E-state index contributed by atoms with van der Waals surface area (Å²) in [5.74, 6) is -1.06. The Kier molecular flexibility index (Phi) is 12.8. The molecule has 1 saturated carbocycles. The van der Waals surface area contributed by atoms with Gasteiger partial charge in [0.05, 0.1) is 23.1 Å². The lowest BCUT2D eigenvalue weighted by atomic mass is 9.79. The third-order valence-electron chi connectivity index (χ3n) is 6.76. The van der Waals surface area contributed by atoms with Crippen LogP contribution in [0, 0.1) is 0 Å². The molecular formula is C27H41F6N3O3. The van der Waals surface area contributed by atoms with E-state index in [4.69, 9.17) is 5.73 Å². The molecule has 0 atom stereocenters. The van der Waals surface area contributed by atoms with Gasteiger partial charge in [-0.25, -0.2) is 0 Å². The highest BCUT2D eigenvalue weighted by atomic mass is 19.4. The van der Waals surface area contributed by atoms with Crippen molar-refractivity contribution in [1.82, 2.24) is 4.90 Å². The molecule has 2 fully saturated rings. The number of carbonyl (C=O) groups excluding carboxylic acids is 2. The SMILES string of the molecule is CC.CC.NC1(CC(=O)N2CCC(O)(CC(=O)Nc3cc(C(F)(F)F)cc(C(F)(F)F)c3)CC2)CCCCC1. The van der Waals surface area contributed by atoms with E-state index in [1.165, 1.54) is 0 Å². The van der Waals surface area contributed by atoms with Gasteiger partial charge >= 0.3 is 12.4 Å². The van der Waals surface area contributed by atoms with E-state index >= 15 is 0 Å². The molecule has 0 spiro atoms. The smallest absolute Gasteiger partial charge is 0.389 e. The summed E-state index contributed by atoms with van der Waals surface area (Å²) in [7, 11) is 0. The number of hydrogen-bond acceptors (Lipinski definition) is 4. The van der Waals surface area contributed by atoms with E-state index in [-0.39, 0.29) is 44.3 Å². The van der Waals surface area contributed by atoms with Crippen molar-refractivity contribution < 1.29 is 41.0 Å². The number of anilines is 1. The van der Waals surface area contributed by atoms with Gasteiger partial charge in [-0.05, 0) is 43.9 Å². The average Bonchev–Trinajstić information content (AvgIpc) is 2.85. The molecule has 2 amide bonds. The molecule has 1 heterocycles. The largest absolute Gasteiger partial charge is 0.416 e. The van der Waals surface area contributed by atoms with Crippen LogP contribution < -0.4 is 11.1 Å². The number of hydrogen-bond donors (Lipinski definition) is 3. The molecule has 0 aromatic heterocycles. The lowest BCUT2D eigenvalue weighted by Crippen LogP contribution is -2.51. The van der Waals surface area contributed by atoms with Crippen molar-refractivity contribution >= 4 is 17.5 Å². The average molecular weight is 570 g/mol. The van der Waals surface area contributed by atoms with Gasteiger partial charge in [-0.2, -0.15) is 26.3 Å². The van der Waals surface area contributed by atoms with Crippen molar-refractivity contribution in [2.75, 3.05) is 18.4 Å². The van der Waals surface area contributed by atoms with Crippen molar-refractivity contribution in [1.29, 1.82) is 0 Å². The molecule has 0 radical (unpaired) electrons. The van der Waals surface area contributed by atoms with Gasteiger partial charge in [-0.1, -0.05) is 47.0 Å². The van der Waals surface area contributed by atoms with Gasteiger partial charge in [0.1, 0.15) is 0 Å². The number of amides is 2. The number of aliphatic hydroxyl groups is 1. The fourth-order valence-electron chi connectivity index (χ4n) is 4.73. The van der Waals surface area contributed by atoms with Gasteiger partial charge in [0.25, 0.3) is 0 Å². The van der Waals surface area contributed by atoms with Gasteiger partial charge < -0.3 is 21.1 Å². The topological polar surface area (TPSA) is 95.7 Å². The van der Waals surface area contributed by atoms with Crippen LogP contribution >= 0.6 is 0 Å². The van der Waals surface area contributed by atoms with Crippen LogP contribution in [0.15, 0.2) is 18.2 Å². The molecule has 1 saturated heterocycles. The zero-order valence-electron chi connectivity index (χ0n) is 23.1. The van der Waals surface area contributed by atoms with Crippen LogP contribution in [0.5, 0.6) is 0 Å². The summed E-state index contributed by atoms with van der Waals surface area (Å²) in [5.41, 5.74) is 0.488. The Bertz CT molecular complexity index is 903. The molecule has 0 bridgehead atoms. The normalized spacial score (nSPS) is 18.6. The zero-order valence-corrected chi connectivity index (χ0v) is 23.1. The molecule has 12 heteroatoms. The van der Waals surface area contributed by atoms with E-state index in [2.05, 4.69) is 0 Å². The van der Waals surface area contributed by atoms with Crippen LogP contribution in [0.4, 0.5) is 32.0 Å². The summed E-state index contributed by atoms with van der Waals surface area (Å²) in [6, 6.07) is 0.785. The number of nitrogens with two attached hydrogens (primary N) is 1. The molecule has 224 valence electrons. The third-order valence-corrected chi connectivity index (χ3v) is 6.76. The second kappa shape index (κ2) is 14.3. The molecule has 4 N–H and O–H groups in total. The van der Waals surface area contributed by atoms with Crippen molar-refractivity contribution in [2.45, 2.75) is 109 Å². The number of nitrogens with zero attached hydrogens (tertiary/aromatic N) is 1. The summed E-state index contributed by atoms with van der Waals surface area (Å²) in [5, 5.41) is 12.8.